The van der Waals surface area contributed by atoms with E-state index >= 15 is 0 Å². The van der Waals surface area contributed by atoms with Crippen molar-refractivity contribution in [3.63, 3.8) is 0 Å². The highest BCUT2D eigenvalue weighted by Crippen LogP contribution is 2.17. The third-order valence-electron chi connectivity index (χ3n) is 1.86. The first-order chi connectivity index (χ1) is 6.77. The normalized spacial score (nSPS) is 11.6. The highest BCUT2D eigenvalue weighted by molar-refractivity contribution is 6.32. The van der Waals surface area contributed by atoms with Crippen LogP contribution in [0.5, 0.6) is 0 Å². The lowest BCUT2D eigenvalue weighted by molar-refractivity contribution is 1.14. The summed E-state index contributed by atoms with van der Waals surface area (Å²) in [4.78, 5) is 4.26. The predicted molar refractivity (Wildman–Crippen MR) is 64.4 cm³/mol. The molecule has 14 heavy (non-hydrogen) atoms. The van der Waals surface area contributed by atoms with Crippen molar-refractivity contribution in [2.75, 3.05) is 0 Å². The first-order valence-corrected chi connectivity index (χ1v) is 4.89. The van der Waals surface area contributed by atoms with E-state index in [0.29, 0.717) is 0 Å². The molecular formula is C11H11BClN. The average molecular weight is 203 g/mol. The SMILES string of the molecule is [B]c1ccc(N=C/C=C/Cl)c(CC)c1. The molecule has 0 N–H and O–H groups in total. The Morgan fingerprint density at radius 1 is 1.50 bits per heavy atom. The minimum Gasteiger partial charge on any atom is -0.257 e. The Morgan fingerprint density at radius 2 is 2.29 bits per heavy atom. The Hall–Kier alpha value is -1.02. The number of rotatable bonds is 3. The van der Waals surface area contributed by atoms with Gasteiger partial charge in [0.1, 0.15) is 7.85 Å². The maximum Gasteiger partial charge on any atom is 0.113 e. The molecule has 0 aliphatic carbocycles. The average Bonchev–Trinajstić information content (AvgIpc) is 2.20. The third-order valence-corrected chi connectivity index (χ3v) is 2.00. The summed E-state index contributed by atoms with van der Waals surface area (Å²) in [5.74, 6) is 0. The van der Waals surface area contributed by atoms with E-state index in [1.165, 1.54) is 5.54 Å². The van der Waals surface area contributed by atoms with Crippen LogP contribution in [-0.2, 0) is 6.42 Å². The number of hydrogen-bond acceptors (Lipinski definition) is 1. The van der Waals surface area contributed by atoms with Crippen LogP contribution in [0.3, 0.4) is 0 Å². The molecule has 0 aromatic heterocycles. The number of nitrogens with zero attached hydrogens (tertiary/aromatic N) is 1. The molecule has 0 saturated carbocycles. The standard InChI is InChI=1S/C11H11BClN/c1-2-9-8-10(12)4-5-11(9)14-7-3-6-13/h3-8H,2H2,1H3/b6-3+,14-7?. The van der Waals surface area contributed by atoms with Crippen molar-refractivity contribution >= 4 is 36.8 Å². The first kappa shape index (κ1) is 11.1. The summed E-state index contributed by atoms with van der Waals surface area (Å²) >= 11 is 5.37. The van der Waals surface area contributed by atoms with E-state index in [2.05, 4.69) is 11.9 Å². The smallest absolute Gasteiger partial charge is 0.113 e. The lowest BCUT2D eigenvalue weighted by Gasteiger charge is -2.03. The van der Waals surface area contributed by atoms with E-state index in [1.54, 1.807) is 12.3 Å². The Kier molecular flexibility index (Phi) is 4.47. The van der Waals surface area contributed by atoms with Crippen LogP contribution in [0.4, 0.5) is 5.69 Å². The fourth-order valence-corrected chi connectivity index (χ4v) is 1.24. The summed E-state index contributed by atoms with van der Waals surface area (Å²) in [7, 11) is 5.67. The van der Waals surface area contributed by atoms with E-state index in [9.17, 15) is 0 Å². The molecule has 70 valence electrons. The van der Waals surface area contributed by atoms with Crippen molar-refractivity contribution in [3.05, 3.63) is 35.4 Å². The maximum absolute atomic E-state index is 5.67. The monoisotopic (exact) mass is 203 g/mol. The molecule has 2 radical (unpaired) electrons. The van der Waals surface area contributed by atoms with E-state index in [0.717, 1.165) is 23.1 Å². The lowest BCUT2D eigenvalue weighted by atomic mass is 9.93. The second-order valence-corrected chi connectivity index (χ2v) is 3.09. The first-order valence-electron chi connectivity index (χ1n) is 4.45. The van der Waals surface area contributed by atoms with Crippen LogP contribution in [0, 0.1) is 0 Å². The van der Waals surface area contributed by atoms with Crippen LogP contribution >= 0.6 is 11.6 Å². The largest absolute Gasteiger partial charge is 0.257 e. The van der Waals surface area contributed by atoms with Crippen molar-refractivity contribution in [1.29, 1.82) is 0 Å². The van der Waals surface area contributed by atoms with Crippen molar-refractivity contribution in [2.45, 2.75) is 13.3 Å². The molecule has 0 atom stereocenters. The van der Waals surface area contributed by atoms with E-state index < -0.39 is 0 Å². The zero-order valence-electron chi connectivity index (χ0n) is 8.07. The molecule has 0 saturated heterocycles. The summed E-state index contributed by atoms with van der Waals surface area (Å²) < 4.78 is 0. The van der Waals surface area contributed by atoms with Gasteiger partial charge in [-0.15, -0.1) is 0 Å². The number of aryl methyl sites for hydroxylation is 1. The van der Waals surface area contributed by atoms with Crippen LogP contribution in [0.1, 0.15) is 12.5 Å². The summed E-state index contributed by atoms with van der Waals surface area (Å²) in [6.07, 6.45) is 4.26. The van der Waals surface area contributed by atoms with Gasteiger partial charge in [-0.1, -0.05) is 36.1 Å². The van der Waals surface area contributed by atoms with Gasteiger partial charge < -0.3 is 0 Å². The fraction of sp³-hybridized carbons (Fsp3) is 0.182. The van der Waals surface area contributed by atoms with Crippen molar-refractivity contribution in [3.8, 4) is 0 Å². The highest BCUT2D eigenvalue weighted by atomic mass is 35.5. The molecule has 1 nitrogen and oxygen atoms in total. The molecule has 3 heteroatoms. The van der Waals surface area contributed by atoms with Gasteiger partial charge in [-0.2, -0.15) is 0 Å². The van der Waals surface area contributed by atoms with Gasteiger partial charge in [0, 0.05) is 11.7 Å². The van der Waals surface area contributed by atoms with Crippen LogP contribution < -0.4 is 5.46 Å². The van der Waals surface area contributed by atoms with E-state index in [1.807, 2.05) is 18.2 Å². The lowest BCUT2D eigenvalue weighted by Crippen LogP contribution is -2.02. The number of allylic oxidation sites excluding steroid dienone is 1. The third kappa shape index (κ3) is 3.04. The highest BCUT2D eigenvalue weighted by Gasteiger charge is 1.97. The molecule has 0 fully saturated rings. The molecule has 0 spiro atoms. The summed E-state index contributed by atoms with van der Waals surface area (Å²) in [6, 6.07) is 5.69. The molecule has 0 aliphatic heterocycles. The molecule has 1 aromatic rings. The Balaban J connectivity index is 2.96. The molecule has 1 rings (SSSR count). The van der Waals surface area contributed by atoms with Gasteiger partial charge in [0.05, 0.1) is 5.69 Å². The number of hydrogen-bond donors (Lipinski definition) is 0. The van der Waals surface area contributed by atoms with Crippen LogP contribution in [0.25, 0.3) is 0 Å². The minimum atomic E-state index is 0.772. The predicted octanol–water partition coefficient (Wildman–Crippen LogP) is 2.50. The zero-order chi connectivity index (χ0) is 10.4. The van der Waals surface area contributed by atoms with Crippen LogP contribution in [0.2, 0.25) is 0 Å². The van der Waals surface area contributed by atoms with Crippen molar-refractivity contribution in [1.82, 2.24) is 0 Å². The van der Waals surface area contributed by atoms with E-state index in [4.69, 9.17) is 19.4 Å². The number of halogens is 1. The van der Waals surface area contributed by atoms with Gasteiger partial charge in [-0.25, -0.2) is 0 Å². The van der Waals surface area contributed by atoms with E-state index in [-0.39, 0.29) is 0 Å². The Morgan fingerprint density at radius 3 is 2.93 bits per heavy atom. The molecule has 1 aromatic carbocycles. The van der Waals surface area contributed by atoms with Gasteiger partial charge in [0.15, 0.2) is 0 Å². The Labute approximate surface area is 90.9 Å². The molecule has 0 heterocycles. The van der Waals surface area contributed by atoms with Crippen LogP contribution in [-0.4, -0.2) is 14.1 Å². The van der Waals surface area contributed by atoms with Gasteiger partial charge in [0.25, 0.3) is 0 Å². The molecule has 0 unspecified atom stereocenters. The Bertz CT molecular complexity index is 358. The molecule has 0 amide bonds. The minimum absolute atomic E-state index is 0.772. The maximum atomic E-state index is 5.67. The number of aliphatic imine (C=N–C) groups is 1. The second kappa shape index (κ2) is 5.66. The van der Waals surface area contributed by atoms with Crippen LogP contribution in [0.15, 0.2) is 34.8 Å². The number of benzene rings is 1. The topological polar surface area (TPSA) is 12.4 Å². The second-order valence-electron chi connectivity index (χ2n) is 2.84. The summed E-state index contributed by atoms with van der Waals surface area (Å²) in [5, 5.41) is 0. The molecule has 0 aliphatic rings. The van der Waals surface area contributed by atoms with Gasteiger partial charge in [0.2, 0.25) is 0 Å². The molecule has 0 bridgehead atoms. The quantitative estimate of drug-likeness (QED) is 0.529. The molecular weight excluding hydrogens is 192 g/mol. The van der Waals surface area contributed by atoms with Crippen molar-refractivity contribution in [2.24, 2.45) is 4.99 Å². The van der Waals surface area contributed by atoms with Gasteiger partial charge in [-0.05, 0) is 24.1 Å². The summed E-state index contributed by atoms with van der Waals surface area (Å²) in [6.45, 7) is 2.07. The van der Waals surface area contributed by atoms with Gasteiger partial charge >= 0.3 is 0 Å². The summed E-state index contributed by atoms with van der Waals surface area (Å²) in [5.41, 5.74) is 4.28. The van der Waals surface area contributed by atoms with Gasteiger partial charge in [-0.3, -0.25) is 4.99 Å². The zero-order valence-corrected chi connectivity index (χ0v) is 8.83. The fourth-order valence-electron chi connectivity index (χ4n) is 1.17. The van der Waals surface area contributed by atoms with Crippen molar-refractivity contribution < 1.29 is 0 Å².